The van der Waals surface area contributed by atoms with Crippen molar-refractivity contribution >= 4 is 28.3 Å². The third kappa shape index (κ3) is 8.32. The number of ether oxygens (including phenoxy) is 3. The van der Waals surface area contributed by atoms with Gasteiger partial charge < -0.3 is 23.7 Å². The van der Waals surface area contributed by atoms with Crippen LogP contribution in [0.25, 0.3) is 10.9 Å². The highest BCUT2D eigenvalue weighted by atomic mass is 16.5. The van der Waals surface area contributed by atoms with E-state index in [-0.39, 0.29) is 17.9 Å². The number of hydrogen-bond acceptors (Lipinski definition) is 7. The van der Waals surface area contributed by atoms with Gasteiger partial charge in [0.2, 0.25) is 0 Å². The van der Waals surface area contributed by atoms with E-state index in [1.807, 2.05) is 92.0 Å². The summed E-state index contributed by atoms with van der Waals surface area (Å²) < 4.78 is 19.3. The number of anilines is 1. The van der Waals surface area contributed by atoms with Crippen molar-refractivity contribution < 1.29 is 23.8 Å². The second kappa shape index (κ2) is 16.3. The molecule has 0 amide bonds. The normalized spacial score (nSPS) is 14.0. The lowest BCUT2D eigenvalue weighted by molar-refractivity contribution is -0.143. The van der Waals surface area contributed by atoms with E-state index in [0.717, 1.165) is 72.8 Å². The molecule has 1 fully saturated rings. The average Bonchev–Trinajstić information content (AvgIpc) is 3.52. The van der Waals surface area contributed by atoms with Crippen molar-refractivity contribution in [1.82, 2.24) is 9.47 Å². The predicted octanol–water partition coefficient (Wildman–Crippen LogP) is 7.56. The maximum atomic E-state index is 13.8. The summed E-state index contributed by atoms with van der Waals surface area (Å²) in [6.07, 6.45) is 3.61. The molecule has 0 N–H and O–H groups in total. The Bertz CT molecular complexity index is 1830. The number of aryl methyl sites for hydroxylation is 1. The minimum Gasteiger partial charge on any atom is -0.495 e. The number of carbonyl (C=O) groups excluding carboxylic acids is 2. The summed E-state index contributed by atoms with van der Waals surface area (Å²) in [7, 11) is 1.73. The van der Waals surface area contributed by atoms with E-state index < -0.39 is 0 Å². The summed E-state index contributed by atoms with van der Waals surface area (Å²) in [5.74, 6) is 1.40. The van der Waals surface area contributed by atoms with Crippen LogP contribution in [-0.4, -0.2) is 67.7 Å². The molecule has 1 atom stereocenters. The summed E-state index contributed by atoms with van der Waals surface area (Å²) in [5.41, 5.74) is 4.50. The van der Waals surface area contributed by atoms with Gasteiger partial charge in [0, 0.05) is 80.3 Å². The Kier molecular flexibility index (Phi) is 11.3. The number of ketones is 1. The lowest BCUT2D eigenvalue weighted by Crippen LogP contribution is -2.47. The van der Waals surface area contributed by atoms with Crippen LogP contribution in [-0.2, 0) is 16.1 Å². The number of fused-ring (bicyclic) bond motifs is 1. The van der Waals surface area contributed by atoms with Crippen molar-refractivity contribution in [2.24, 2.45) is 0 Å². The third-order valence-corrected chi connectivity index (χ3v) is 9.19. The van der Waals surface area contributed by atoms with Crippen molar-refractivity contribution in [3.63, 3.8) is 0 Å². The summed E-state index contributed by atoms with van der Waals surface area (Å²) in [5, 5.41) is 0.900. The Morgan fingerprint density at radius 3 is 2.27 bits per heavy atom. The van der Waals surface area contributed by atoms with Crippen LogP contribution in [0, 0.1) is 0 Å². The zero-order valence-corrected chi connectivity index (χ0v) is 28.4. The number of carbonyl (C=O) groups is 2. The quantitative estimate of drug-likeness (QED) is 0.0849. The van der Waals surface area contributed by atoms with Crippen molar-refractivity contribution in [3.05, 3.63) is 126 Å². The molecule has 0 bridgehead atoms. The highest BCUT2D eigenvalue weighted by molar-refractivity contribution is 6.16. The van der Waals surface area contributed by atoms with Crippen LogP contribution in [0.3, 0.4) is 0 Å². The van der Waals surface area contributed by atoms with Gasteiger partial charge in [-0.2, -0.15) is 0 Å². The van der Waals surface area contributed by atoms with E-state index in [0.29, 0.717) is 37.1 Å². The van der Waals surface area contributed by atoms with Gasteiger partial charge in [0.05, 0.1) is 19.4 Å². The Hall–Kier alpha value is -5.08. The highest BCUT2D eigenvalue weighted by Crippen LogP contribution is 2.30. The summed E-state index contributed by atoms with van der Waals surface area (Å²) >= 11 is 0. The zero-order chi connectivity index (χ0) is 34.0. The lowest BCUT2D eigenvalue weighted by atomic mass is 10.0. The molecule has 2 heterocycles. The number of para-hydroxylation sites is 3. The molecular formula is C41H45N3O5. The molecule has 1 saturated heterocycles. The molecule has 4 aromatic carbocycles. The van der Waals surface area contributed by atoms with Crippen LogP contribution >= 0.6 is 0 Å². The van der Waals surface area contributed by atoms with Crippen LogP contribution in [0.4, 0.5) is 5.69 Å². The van der Waals surface area contributed by atoms with Gasteiger partial charge in [0.1, 0.15) is 17.6 Å². The van der Waals surface area contributed by atoms with Crippen LogP contribution < -0.4 is 14.4 Å². The fraction of sp³-hybridized carbons (Fsp3) is 0.317. The van der Waals surface area contributed by atoms with Gasteiger partial charge in [-0.15, -0.1) is 0 Å². The zero-order valence-electron chi connectivity index (χ0n) is 28.4. The van der Waals surface area contributed by atoms with Crippen molar-refractivity contribution in [2.45, 2.75) is 38.8 Å². The van der Waals surface area contributed by atoms with E-state index in [4.69, 9.17) is 14.2 Å². The molecule has 5 aromatic rings. The molecule has 0 spiro atoms. The molecule has 1 aliphatic rings. The topological polar surface area (TPSA) is 73.2 Å². The number of benzene rings is 4. The smallest absolute Gasteiger partial charge is 0.305 e. The fourth-order valence-corrected chi connectivity index (χ4v) is 6.61. The molecule has 0 radical (unpaired) electrons. The number of methoxy groups -OCH3 is 1. The molecule has 0 saturated carbocycles. The number of aromatic nitrogens is 1. The second-order valence-electron chi connectivity index (χ2n) is 12.3. The Morgan fingerprint density at radius 2 is 1.51 bits per heavy atom. The molecule has 1 unspecified atom stereocenters. The number of esters is 1. The molecule has 1 aromatic heterocycles. The van der Waals surface area contributed by atoms with Gasteiger partial charge in [-0.05, 0) is 61.4 Å². The van der Waals surface area contributed by atoms with Gasteiger partial charge in [0.25, 0.3) is 0 Å². The molecule has 0 aliphatic carbocycles. The number of piperazine rings is 1. The molecule has 8 nitrogen and oxygen atoms in total. The van der Waals surface area contributed by atoms with Crippen LogP contribution in [0.5, 0.6) is 11.5 Å². The molecule has 254 valence electrons. The first-order valence-corrected chi connectivity index (χ1v) is 17.2. The van der Waals surface area contributed by atoms with Crippen LogP contribution in [0.2, 0.25) is 0 Å². The van der Waals surface area contributed by atoms with Crippen molar-refractivity contribution in [2.75, 3.05) is 51.3 Å². The van der Waals surface area contributed by atoms with E-state index in [2.05, 4.69) is 38.6 Å². The molecule has 6 rings (SSSR count). The van der Waals surface area contributed by atoms with Gasteiger partial charge in [-0.25, -0.2) is 0 Å². The standard InChI is InChI=1S/C41H45N3O5/c1-3-48-40(45)18-11-24-44-30-35(34-14-7-8-15-36(34)44)41(46)32-19-21-33(22-20-32)49-38(31-12-5-4-6-13-31)23-25-42-26-28-43(29-27-42)37-16-9-10-17-39(37)47-2/h4-10,12-17,19-22,30,38H,3,11,18,23-29H2,1-2H3. The first kappa shape index (κ1) is 33.8. The van der Waals surface area contributed by atoms with Gasteiger partial charge >= 0.3 is 5.97 Å². The second-order valence-corrected chi connectivity index (χ2v) is 12.3. The van der Waals surface area contributed by atoms with E-state index in [9.17, 15) is 9.59 Å². The maximum Gasteiger partial charge on any atom is 0.305 e. The van der Waals surface area contributed by atoms with Gasteiger partial charge in [-0.1, -0.05) is 60.7 Å². The largest absolute Gasteiger partial charge is 0.495 e. The molecule has 1 aliphatic heterocycles. The Balaban J connectivity index is 1.10. The van der Waals surface area contributed by atoms with Crippen molar-refractivity contribution in [1.29, 1.82) is 0 Å². The SMILES string of the molecule is CCOC(=O)CCCn1cc(C(=O)c2ccc(OC(CCN3CCN(c4ccccc4OC)CC3)c3ccccc3)cc2)c2ccccc21. The molecule has 8 heteroatoms. The van der Waals surface area contributed by atoms with Gasteiger partial charge in [-0.3, -0.25) is 14.5 Å². The van der Waals surface area contributed by atoms with Gasteiger partial charge in [0.15, 0.2) is 5.78 Å². The Labute approximate surface area is 288 Å². The minimum atomic E-state index is -0.199. The molecule has 49 heavy (non-hydrogen) atoms. The fourth-order valence-electron chi connectivity index (χ4n) is 6.61. The summed E-state index contributed by atoms with van der Waals surface area (Å²) in [6.45, 7) is 7.56. The monoisotopic (exact) mass is 659 g/mol. The average molecular weight is 660 g/mol. The van der Waals surface area contributed by atoms with Crippen LogP contribution in [0.1, 0.15) is 53.8 Å². The Morgan fingerprint density at radius 1 is 0.796 bits per heavy atom. The predicted molar refractivity (Wildman–Crippen MR) is 194 cm³/mol. The first-order chi connectivity index (χ1) is 24.0. The third-order valence-electron chi connectivity index (χ3n) is 9.19. The lowest BCUT2D eigenvalue weighted by Gasteiger charge is -2.37. The number of rotatable bonds is 15. The van der Waals surface area contributed by atoms with E-state index in [1.54, 1.807) is 7.11 Å². The first-order valence-electron chi connectivity index (χ1n) is 17.2. The summed E-state index contributed by atoms with van der Waals surface area (Å²) in [4.78, 5) is 30.5. The van der Waals surface area contributed by atoms with E-state index >= 15 is 0 Å². The summed E-state index contributed by atoms with van der Waals surface area (Å²) in [6, 6.07) is 34.0. The highest BCUT2D eigenvalue weighted by Gasteiger charge is 2.22. The molecular weight excluding hydrogens is 614 g/mol. The number of hydrogen-bond donors (Lipinski definition) is 0. The number of nitrogens with zero attached hydrogens (tertiary/aromatic N) is 3. The minimum absolute atomic E-state index is 0.0428. The van der Waals surface area contributed by atoms with E-state index in [1.165, 1.54) is 0 Å². The van der Waals surface area contributed by atoms with Crippen molar-refractivity contribution in [3.8, 4) is 11.5 Å². The van der Waals surface area contributed by atoms with Crippen LogP contribution in [0.15, 0.2) is 109 Å². The maximum absolute atomic E-state index is 13.8.